The first-order chi connectivity index (χ1) is 14.3. The molecule has 0 unspecified atom stereocenters. The zero-order valence-electron chi connectivity index (χ0n) is 16.7. The van der Waals surface area contributed by atoms with Gasteiger partial charge in [-0.05, 0) is 48.4 Å². The van der Waals surface area contributed by atoms with Crippen molar-refractivity contribution in [2.45, 2.75) is 50.5 Å². The maximum Gasteiger partial charge on any atom is 0.224 e. The maximum atomic E-state index is 12.4. The average Bonchev–Trinajstić information content (AvgIpc) is 3.68. The van der Waals surface area contributed by atoms with Gasteiger partial charge in [-0.2, -0.15) is 5.10 Å². The predicted molar refractivity (Wildman–Crippen MR) is 115 cm³/mol. The first-order valence-electron chi connectivity index (χ1n) is 10.7. The third kappa shape index (κ3) is 4.42. The summed E-state index contributed by atoms with van der Waals surface area (Å²) in [6.07, 6.45) is 5.53. The molecule has 0 aliphatic heterocycles. The first kappa shape index (κ1) is 18.2. The minimum absolute atomic E-state index is 0.0694. The van der Waals surface area contributed by atoms with E-state index in [2.05, 4.69) is 40.3 Å². The molecule has 2 aliphatic carbocycles. The van der Waals surface area contributed by atoms with Gasteiger partial charge in [0.1, 0.15) is 0 Å². The summed E-state index contributed by atoms with van der Waals surface area (Å²) < 4.78 is 2.14. The van der Waals surface area contributed by atoms with Crippen molar-refractivity contribution in [1.29, 1.82) is 0 Å². The summed E-state index contributed by atoms with van der Waals surface area (Å²) in [6.45, 7) is 1.39. The maximum absolute atomic E-state index is 12.4. The van der Waals surface area contributed by atoms with Crippen LogP contribution in [0.1, 0.15) is 54.5 Å². The molecule has 0 saturated heterocycles. The highest BCUT2D eigenvalue weighted by atomic mass is 16.1. The number of benzene rings is 2. The van der Waals surface area contributed by atoms with E-state index in [1.807, 2.05) is 30.3 Å². The minimum Gasteiger partial charge on any atom is -0.354 e. The second-order valence-electron chi connectivity index (χ2n) is 8.36. The Morgan fingerprint density at radius 1 is 0.931 bits per heavy atom. The molecule has 2 fully saturated rings. The smallest absolute Gasteiger partial charge is 0.224 e. The van der Waals surface area contributed by atoms with Gasteiger partial charge in [-0.15, -0.1) is 0 Å². The lowest BCUT2D eigenvalue weighted by atomic mass is 10.0. The Bertz CT molecular complexity index is 983. The quantitative estimate of drug-likeness (QED) is 0.613. The Morgan fingerprint density at radius 3 is 2.31 bits per heavy atom. The van der Waals surface area contributed by atoms with Gasteiger partial charge in [-0.3, -0.25) is 9.48 Å². The third-order valence-electron chi connectivity index (χ3n) is 5.89. The number of carbonyl (C=O) groups is 1. The Hall–Kier alpha value is -2.88. The summed E-state index contributed by atoms with van der Waals surface area (Å²) in [5.41, 5.74) is 6.04. The highest BCUT2D eigenvalue weighted by Crippen LogP contribution is 2.44. The minimum atomic E-state index is 0.0694. The summed E-state index contributed by atoms with van der Waals surface area (Å²) in [7, 11) is 0. The van der Waals surface area contributed by atoms with E-state index >= 15 is 0 Å². The van der Waals surface area contributed by atoms with Crippen LogP contribution in [0.15, 0.2) is 60.7 Å². The number of hydrogen-bond acceptors (Lipinski definition) is 2. The van der Waals surface area contributed by atoms with Gasteiger partial charge in [-0.1, -0.05) is 54.6 Å². The van der Waals surface area contributed by atoms with E-state index in [0.717, 1.165) is 12.1 Å². The van der Waals surface area contributed by atoms with Crippen LogP contribution in [0.5, 0.6) is 0 Å². The number of nitrogens with one attached hydrogen (secondary N) is 1. The van der Waals surface area contributed by atoms with Crippen molar-refractivity contribution < 1.29 is 4.79 Å². The van der Waals surface area contributed by atoms with Gasteiger partial charge in [0, 0.05) is 24.1 Å². The molecule has 1 aromatic heterocycles. The van der Waals surface area contributed by atoms with Crippen molar-refractivity contribution in [2.75, 3.05) is 6.54 Å². The molecule has 0 bridgehead atoms. The van der Waals surface area contributed by atoms with Crippen molar-refractivity contribution in [3.05, 3.63) is 77.6 Å². The van der Waals surface area contributed by atoms with Crippen LogP contribution in [-0.4, -0.2) is 22.2 Å². The van der Waals surface area contributed by atoms with E-state index in [1.54, 1.807) is 0 Å². The van der Waals surface area contributed by atoms with Crippen LogP contribution in [0.3, 0.4) is 0 Å². The Kier molecular flexibility index (Phi) is 4.92. The third-order valence-corrected chi connectivity index (χ3v) is 5.89. The SMILES string of the molecule is O=C(Cc1ccc(-c2ccccc2)cc1)NCCn1nc(C2CC2)cc1C1CC1. The van der Waals surface area contributed by atoms with E-state index in [-0.39, 0.29) is 5.91 Å². The Labute approximate surface area is 172 Å². The molecule has 29 heavy (non-hydrogen) atoms. The molecule has 3 aromatic rings. The topological polar surface area (TPSA) is 46.9 Å². The molecule has 0 atom stereocenters. The van der Waals surface area contributed by atoms with Gasteiger partial charge in [0.15, 0.2) is 0 Å². The van der Waals surface area contributed by atoms with Crippen molar-refractivity contribution in [3.63, 3.8) is 0 Å². The summed E-state index contributed by atoms with van der Waals surface area (Å²) in [5, 5.41) is 7.88. The summed E-state index contributed by atoms with van der Waals surface area (Å²) in [6, 6.07) is 20.9. The van der Waals surface area contributed by atoms with Gasteiger partial charge in [-0.25, -0.2) is 0 Å². The predicted octanol–water partition coefficient (Wildman–Crippen LogP) is 4.66. The lowest BCUT2D eigenvalue weighted by molar-refractivity contribution is -0.120. The molecule has 0 spiro atoms. The van der Waals surface area contributed by atoms with Crippen molar-refractivity contribution >= 4 is 5.91 Å². The molecule has 2 aliphatic rings. The second-order valence-corrected chi connectivity index (χ2v) is 8.36. The fourth-order valence-electron chi connectivity index (χ4n) is 3.91. The molecule has 1 amide bonds. The fraction of sp³-hybridized carbons (Fsp3) is 0.360. The van der Waals surface area contributed by atoms with Gasteiger partial charge >= 0.3 is 0 Å². The first-order valence-corrected chi connectivity index (χ1v) is 10.7. The normalized spacial score (nSPS) is 16.0. The second kappa shape index (κ2) is 7.86. The van der Waals surface area contributed by atoms with Gasteiger partial charge < -0.3 is 5.32 Å². The van der Waals surface area contributed by atoms with Crippen LogP contribution in [0.2, 0.25) is 0 Å². The molecule has 4 heteroatoms. The number of rotatable bonds is 8. The van der Waals surface area contributed by atoms with Gasteiger partial charge in [0.05, 0.1) is 18.7 Å². The molecule has 2 aromatic carbocycles. The Morgan fingerprint density at radius 2 is 1.62 bits per heavy atom. The molecule has 4 nitrogen and oxygen atoms in total. The van der Waals surface area contributed by atoms with Crippen LogP contribution in [-0.2, 0) is 17.8 Å². The zero-order chi connectivity index (χ0) is 19.6. The molecule has 0 radical (unpaired) electrons. The van der Waals surface area contributed by atoms with Gasteiger partial charge in [0.25, 0.3) is 0 Å². The standard InChI is InChI=1S/C25H27N3O/c29-25(16-18-6-8-20(9-7-18)19-4-2-1-3-5-19)26-14-15-28-24(22-12-13-22)17-23(27-28)21-10-11-21/h1-9,17,21-22H,10-16H2,(H,26,29). The summed E-state index contributed by atoms with van der Waals surface area (Å²) >= 11 is 0. The zero-order valence-corrected chi connectivity index (χ0v) is 16.7. The van der Waals surface area contributed by atoms with Crippen LogP contribution in [0.25, 0.3) is 11.1 Å². The molecular formula is C25H27N3O. The number of carbonyl (C=O) groups excluding carboxylic acids is 1. The number of amides is 1. The van der Waals surface area contributed by atoms with Gasteiger partial charge in [0.2, 0.25) is 5.91 Å². The average molecular weight is 386 g/mol. The van der Waals surface area contributed by atoms with Crippen LogP contribution in [0.4, 0.5) is 0 Å². The van der Waals surface area contributed by atoms with Crippen LogP contribution in [0, 0.1) is 0 Å². The van der Waals surface area contributed by atoms with E-state index in [1.165, 1.54) is 48.2 Å². The van der Waals surface area contributed by atoms with E-state index in [0.29, 0.717) is 24.8 Å². The monoisotopic (exact) mass is 385 g/mol. The van der Waals surface area contributed by atoms with E-state index in [4.69, 9.17) is 5.10 Å². The van der Waals surface area contributed by atoms with E-state index < -0.39 is 0 Å². The largest absolute Gasteiger partial charge is 0.354 e. The fourth-order valence-corrected chi connectivity index (χ4v) is 3.91. The molecule has 1 N–H and O–H groups in total. The lowest BCUT2D eigenvalue weighted by Gasteiger charge is -2.09. The van der Waals surface area contributed by atoms with Crippen LogP contribution < -0.4 is 5.32 Å². The van der Waals surface area contributed by atoms with Crippen molar-refractivity contribution in [3.8, 4) is 11.1 Å². The van der Waals surface area contributed by atoms with Crippen molar-refractivity contribution in [1.82, 2.24) is 15.1 Å². The van der Waals surface area contributed by atoms with Crippen LogP contribution >= 0.6 is 0 Å². The highest BCUT2D eigenvalue weighted by molar-refractivity contribution is 5.78. The van der Waals surface area contributed by atoms with E-state index in [9.17, 15) is 4.79 Å². The number of hydrogen-bond donors (Lipinski definition) is 1. The molecule has 148 valence electrons. The number of nitrogens with zero attached hydrogens (tertiary/aromatic N) is 2. The molecule has 5 rings (SSSR count). The molecule has 2 saturated carbocycles. The summed E-state index contributed by atoms with van der Waals surface area (Å²) in [4.78, 5) is 12.4. The Balaban J connectivity index is 1.14. The molecular weight excluding hydrogens is 358 g/mol. The molecule has 1 heterocycles. The summed E-state index contributed by atoms with van der Waals surface area (Å²) in [5.74, 6) is 1.44. The van der Waals surface area contributed by atoms with Crippen molar-refractivity contribution in [2.24, 2.45) is 0 Å². The lowest BCUT2D eigenvalue weighted by Crippen LogP contribution is -2.29. The highest BCUT2D eigenvalue weighted by Gasteiger charge is 2.32. The number of aromatic nitrogens is 2.